The van der Waals surface area contributed by atoms with Gasteiger partial charge in [0.25, 0.3) is 0 Å². The van der Waals surface area contributed by atoms with E-state index < -0.39 is 42.0 Å². The molecule has 0 aliphatic carbocycles. The topological polar surface area (TPSA) is 142 Å². The van der Waals surface area contributed by atoms with Gasteiger partial charge in [-0.2, -0.15) is 23.5 Å². The minimum absolute atomic E-state index is 0.333. The number of thioether (sulfide) groups is 2. The van der Waals surface area contributed by atoms with Gasteiger partial charge in [0.2, 0.25) is 11.8 Å². The molecule has 4 atom stereocenters. The Morgan fingerprint density at radius 1 is 1.04 bits per heavy atom. The first-order chi connectivity index (χ1) is 11.2. The van der Waals surface area contributed by atoms with Crippen LogP contribution < -0.4 is 16.4 Å². The van der Waals surface area contributed by atoms with E-state index in [2.05, 4.69) is 10.6 Å². The average Bonchev–Trinajstić information content (AvgIpc) is 2.52. The number of carbonyl (C=O) groups excluding carboxylic acids is 2. The van der Waals surface area contributed by atoms with Crippen LogP contribution in [0.3, 0.4) is 0 Å². The van der Waals surface area contributed by atoms with E-state index >= 15 is 0 Å². The normalized spacial score (nSPS) is 15.9. The van der Waals surface area contributed by atoms with Gasteiger partial charge in [-0.1, -0.05) is 0 Å². The molecule has 0 aliphatic heterocycles. The number of carboxylic acid groups (broad SMARTS) is 1. The molecule has 0 bridgehead atoms. The summed E-state index contributed by atoms with van der Waals surface area (Å²) in [6, 6.07) is -3.06. The van der Waals surface area contributed by atoms with E-state index in [1.807, 2.05) is 12.5 Å². The Balaban J connectivity index is 4.87. The summed E-state index contributed by atoms with van der Waals surface area (Å²) in [5, 5.41) is 23.3. The maximum absolute atomic E-state index is 12.3. The molecular weight excluding hydrogens is 354 g/mol. The number of amides is 2. The third-order valence-electron chi connectivity index (χ3n) is 3.26. The molecule has 140 valence electrons. The third kappa shape index (κ3) is 8.76. The van der Waals surface area contributed by atoms with Gasteiger partial charge in [-0.3, -0.25) is 9.59 Å². The highest BCUT2D eigenvalue weighted by Gasteiger charge is 2.30. The fraction of sp³-hybridized carbons (Fsp3) is 0.786. The van der Waals surface area contributed by atoms with Crippen molar-refractivity contribution < 1.29 is 24.6 Å². The molecule has 0 aliphatic rings. The summed E-state index contributed by atoms with van der Waals surface area (Å²) < 4.78 is 0. The van der Waals surface area contributed by atoms with Gasteiger partial charge < -0.3 is 26.6 Å². The van der Waals surface area contributed by atoms with Gasteiger partial charge in [0.15, 0.2) is 6.04 Å². The molecule has 0 fully saturated rings. The van der Waals surface area contributed by atoms with E-state index in [0.29, 0.717) is 18.6 Å². The van der Waals surface area contributed by atoms with Crippen molar-refractivity contribution in [3.8, 4) is 0 Å². The van der Waals surface area contributed by atoms with Gasteiger partial charge in [-0.05, 0) is 43.8 Å². The van der Waals surface area contributed by atoms with Crippen LogP contribution in [0, 0.1) is 0 Å². The summed E-state index contributed by atoms with van der Waals surface area (Å²) in [6.07, 6.45) is 3.32. The third-order valence-corrected chi connectivity index (χ3v) is 4.55. The first-order valence-corrected chi connectivity index (χ1v) is 10.3. The number of aliphatic hydroxyl groups excluding tert-OH is 1. The van der Waals surface area contributed by atoms with Crippen molar-refractivity contribution in [2.75, 3.05) is 24.0 Å². The average molecular weight is 382 g/mol. The number of hydrogen-bond donors (Lipinski definition) is 5. The first kappa shape index (κ1) is 23.0. The molecule has 8 nitrogen and oxygen atoms in total. The van der Waals surface area contributed by atoms with E-state index in [1.54, 1.807) is 11.8 Å². The van der Waals surface area contributed by atoms with Crippen LogP contribution in [0.5, 0.6) is 0 Å². The molecular formula is C14H27N3O5S2. The smallest absolute Gasteiger partial charge is 0.328 e. The lowest BCUT2D eigenvalue weighted by Gasteiger charge is -2.23. The van der Waals surface area contributed by atoms with E-state index in [-0.39, 0.29) is 0 Å². The lowest BCUT2D eigenvalue weighted by Crippen LogP contribution is -2.56. The van der Waals surface area contributed by atoms with Crippen molar-refractivity contribution in [2.24, 2.45) is 5.73 Å². The standard InChI is InChI=1S/C14H27N3O5S2/c1-8(18)11(14(21)22)17-13(20)10(5-7-24-3)16-12(19)9(15)4-6-23-2/h8-11,18H,4-7,15H2,1-3H3,(H,16,19)(H,17,20)(H,21,22)/t8-,9+,10+,11+/m1/s1. The lowest BCUT2D eigenvalue weighted by atomic mass is 10.1. The maximum Gasteiger partial charge on any atom is 0.328 e. The summed E-state index contributed by atoms with van der Waals surface area (Å²) in [7, 11) is 0. The summed E-state index contributed by atoms with van der Waals surface area (Å²) in [4.78, 5) is 35.4. The number of aliphatic carboxylic acids is 1. The van der Waals surface area contributed by atoms with Crippen LogP contribution in [-0.2, 0) is 14.4 Å². The van der Waals surface area contributed by atoms with Crippen LogP contribution in [0.15, 0.2) is 0 Å². The van der Waals surface area contributed by atoms with Crippen molar-refractivity contribution in [3.63, 3.8) is 0 Å². The summed E-state index contributed by atoms with van der Waals surface area (Å²) in [6.45, 7) is 1.27. The van der Waals surface area contributed by atoms with Gasteiger partial charge in [0.05, 0.1) is 12.1 Å². The van der Waals surface area contributed by atoms with Crippen molar-refractivity contribution >= 4 is 41.3 Å². The minimum Gasteiger partial charge on any atom is -0.480 e. The highest BCUT2D eigenvalue weighted by atomic mass is 32.2. The largest absolute Gasteiger partial charge is 0.480 e. The zero-order chi connectivity index (χ0) is 18.7. The summed E-state index contributed by atoms with van der Waals surface area (Å²) >= 11 is 3.06. The Hall–Kier alpha value is -0.970. The maximum atomic E-state index is 12.3. The van der Waals surface area contributed by atoms with E-state index in [4.69, 9.17) is 10.8 Å². The Bertz CT molecular complexity index is 423. The molecule has 0 aromatic heterocycles. The van der Waals surface area contributed by atoms with Gasteiger partial charge >= 0.3 is 5.97 Å². The van der Waals surface area contributed by atoms with E-state index in [1.165, 1.54) is 18.7 Å². The molecule has 0 heterocycles. The van der Waals surface area contributed by atoms with Crippen molar-refractivity contribution in [1.29, 1.82) is 0 Å². The monoisotopic (exact) mass is 381 g/mol. The van der Waals surface area contributed by atoms with Crippen molar-refractivity contribution in [2.45, 2.75) is 44.0 Å². The predicted octanol–water partition coefficient (Wildman–Crippen LogP) is -0.745. The molecule has 2 amide bonds. The zero-order valence-electron chi connectivity index (χ0n) is 14.2. The van der Waals surface area contributed by atoms with Gasteiger partial charge in [0, 0.05) is 0 Å². The number of carboxylic acids is 1. The summed E-state index contributed by atoms with van der Waals surface area (Å²) in [5.74, 6) is -1.12. The Morgan fingerprint density at radius 3 is 2.04 bits per heavy atom. The van der Waals surface area contributed by atoms with Crippen LogP contribution in [0.4, 0.5) is 0 Å². The first-order valence-electron chi connectivity index (χ1n) is 7.49. The van der Waals surface area contributed by atoms with E-state index in [9.17, 15) is 19.5 Å². The van der Waals surface area contributed by atoms with Crippen LogP contribution in [0.25, 0.3) is 0 Å². The number of aliphatic hydroxyl groups is 1. The number of nitrogens with two attached hydrogens (primary N) is 1. The number of carbonyl (C=O) groups is 3. The van der Waals surface area contributed by atoms with Crippen LogP contribution in [-0.4, -0.2) is 76.2 Å². The molecule has 0 saturated carbocycles. The summed E-state index contributed by atoms with van der Waals surface area (Å²) in [5.41, 5.74) is 5.78. The molecule has 0 unspecified atom stereocenters. The van der Waals surface area contributed by atoms with Crippen LogP contribution in [0.1, 0.15) is 19.8 Å². The molecule has 24 heavy (non-hydrogen) atoms. The molecule has 0 radical (unpaired) electrons. The molecule has 0 aromatic carbocycles. The number of rotatable bonds is 12. The Morgan fingerprint density at radius 2 is 1.58 bits per heavy atom. The van der Waals surface area contributed by atoms with Gasteiger partial charge in [-0.15, -0.1) is 0 Å². The highest BCUT2D eigenvalue weighted by molar-refractivity contribution is 7.98. The minimum atomic E-state index is -1.43. The fourth-order valence-corrected chi connectivity index (χ4v) is 2.76. The number of hydrogen-bond acceptors (Lipinski definition) is 7. The Labute approximate surface area is 150 Å². The highest BCUT2D eigenvalue weighted by Crippen LogP contribution is 2.05. The van der Waals surface area contributed by atoms with Crippen LogP contribution >= 0.6 is 23.5 Å². The molecule has 10 heteroatoms. The quantitative estimate of drug-likeness (QED) is 0.297. The fourth-order valence-electron chi connectivity index (χ4n) is 1.80. The Kier molecular flexibility index (Phi) is 11.9. The van der Waals surface area contributed by atoms with Crippen LogP contribution in [0.2, 0.25) is 0 Å². The molecule has 0 aromatic rings. The number of nitrogens with one attached hydrogen (secondary N) is 2. The molecule has 0 spiro atoms. The SMILES string of the molecule is CSCC[C@H](NC(=O)[C@@H](N)CCSC)C(=O)N[C@H](C(=O)O)[C@@H](C)O. The molecule has 0 rings (SSSR count). The second-order valence-corrected chi connectivity index (χ2v) is 7.27. The van der Waals surface area contributed by atoms with Gasteiger partial charge in [0.1, 0.15) is 6.04 Å². The molecule has 0 saturated heterocycles. The predicted molar refractivity (Wildman–Crippen MR) is 97.2 cm³/mol. The van der Waals surface area contributed by atoms with Crippen molar-refractivity contribution in [1.82, 2.24) is 10.6 Å². The lowest BCUT2D eigenvalue weighted by molar-refractivity contribution is -0.145. The molecule has 6 N–H and O–H groups in total. The van der Waals surface area contributed by atoms with Gasteiger partial charge in [-0.25, -0.2) is 4.79 Å². The van der Waals surface area contributed by atoms with E-state index in [0.717, 1.165) is 5.75 Å². The van der Waals surface area contributed by atoms with Crippen molar-refractivity contribution in [3.05, 3.63) is 0 Å². The second-order valence-electron chi connectivity index (χ2n) is 5.30. The second kappa shape index (κ2) is 12.4. The zero-order valence-corrected chi connectivity index (χ0v) is 15.8.